The van der Waals surface area contributed by atoms with E-state index in [4.69, 9.17) is 14.6 Å². The van der Waals surface area contributed by atoms with Crippen LogP contribution in [0.4, 0.5) is 4.79 Å². The molecule has 2 heterocycles. The van der Waals surface area contributed by atoms with E-state index < -0.39 is 12.1 Å². The van der Waals surface area contributed by atoms with Crippen molar-refractivity contribution in [3.8, 4) is 0 Å². The summed E-state index contributed by atoms with van der Waals surface area (Å²) in [6.45, 7) is 1.75. The molecule has 0 spiro atoms. The molecular weight excluding hydrogens is 276 g/mol. The second kappa shape index (κ2) is 8.19. The third-order valence-corrected chi connectivity index (χ3v) is 3.90. The van der Waals surface area contributed by atoms with E-state index in [1.807, 2.05) is 0 Å². The minimum atomic E-state index is -0.936. The van der Waals surface area contributed by atoms with Crippen molar-refractivity contribution in [1.82, 2.24) is 10.6 Å². The third kappa shape index (κ3) is 5.51. The molecule has 2 aliphatic rings. The second-order valence-corrected chi connectivity index (χ2v) is 5.58. The molecule has 0 aliphatic carbocycles. The lowest BCUT2D eigenvalue weighted by Gasteiger charge is -2.22. The van der Waals surface area contributed by atoms with E-state index in [0.717, 1.165) is 25.9 Å². The van der Waals surface area contributed by atoms with Crippen LogP contribution in [0.15, 0.2) is 0 Å². The molecule has 2 rings (SSSR count). The molecule has 3 N–H and O–H groups in total. The van der Waals surface area contributed by atoms with Crippen LogP contribution in [0.25, 0.3) is 0 Å². The van der Waals surface area contributed by atoms with Gasteiger partial charge in [0.25, 0.3) is 0 Å². The predicted molar refractivity (Wildman–Crippen MR) is 75.1 cm³/mol. The van der Waals surface area contributed by atoms with Gasteiger partial charge in [-0.25, -0.2) is 9.59 Å². The van der Waals surface area contributed by atoms with Gasteiger partial charge in [0, 0.05) is 19.7 Å². The van der Waals surface area contributed by atoms with E-state index in [1.54, 1.807) is 0 Å². The molecular formula is C14H24N2O5. The Bertz CT molecular complexity index is 357. The van der Waals surface area contributed by atoms with Gasteiger partial charge in [-0.2, -0.15) is 0 Å². The molecule has 2 amide bonds. The zero-order chi connectivity index (χ0) is 15.1. The molecule has 3 unspecified atom stereocenters. The Morgan fingerprint density at radius 3 is 2.62 bits per heavy atom. The van der Waals surface area contributed by atoms with E-state index in [0.29, 0.717) is 25.9 Å². The molecule has 120 valence electrons. The smallest absolute Gasteiger partial charge is 0.332 e. The number of rotatable bonds is 6. The van der Waals surface area contributed by atoms with Gasteiger partial charge in [-0.15, -0.1) is 0 Å². The highest BCUT2D eigenvalue weighted by Crippen LogP contribution is 2.19. The molecule has 21 heavy (non-hydrogen) atoms. The van der Waals surface area contributed by atoms with Crippen LogP contribution < -0.4 is 10.6 Å². The van der Waals surface area contributed by atoms with Crippen LogP contribution in [0.5, 0.6) is 0 Å². The van der Waals surface area contributed by atoms with E-state index in [9.17, 15) is 9.59 Å². The lowest BCUT2D eigenvalue weighted by Crippen LogP contribution is -2.41. The number of hydrogen-bond acceptors (Lipinski definition) is 4. The summed E-state index contributed by atoms with van der Waals surface area (Å²) in [5, 5.41) is 14.3. The average Bonchev–Trinajstić information content (AvgIpc) is 2.95. The second-order valence-electron chi connectivity index (χ2n) is 5.58. The van der Waals surface area contributed by atoms with Gasteiger partial charge in [-0.3, -0.25) is 0 Å². The van der Waals surface area contributed by atoms with Crippen LogP contribution in [0, 0.1) is 0 Å². The molecule has 0 aromatic rings. The number of carboxylic acids is 1. The molecule has 3 atom stereocenters. The summed E-state index contributed by atoms with van der Waals surface area (Å²) in [6, 6.07) is -0.242. The first kappa shape index (κ1) is 16.0. The van der Waals surface area contributed by atoms with Gasteiger partial charge in [0.1, 0.15) is 0 Å². The first-order chi connectivity index (χ1) is 10.1. The molecule has 2 fully saturated rings. The third-order valence-electron chi connectivity index (χ3n) is 3.90. The fraction of sp³-hybridized carbons (Fsp3) is 0.857. The SMILES string of the molecule is O=C(NCCC1CCCCO1)NCC1CCC(C(=O)O)O1. The normalized spacial score (nSPS) is 29.0. The standard InChI is InChI=1S/C14H24N2O5/c17-13(18)12-5-4-11(21-12)9-16-14(19)15-7-6-10-3-1-2-8-20-10/h10-12H,1-9H2,(H,17,18)(H2,15,16,19). The Labute approximate surface area is 124 Å². The summed E-state index contributed by atoms with van der Waals surface area (Å²) in [5.41, 5.74) is 0. The summed E-state index contributed by atoms with van der Waals surface area (Å²) in [6.07, 6.45) is 4.69. The lowest BCUT2D eigenvalue weighted by molar-refractivity contribution is -0.149. The number of aliphatic carboxylic acids is 1. The summed E-state index contributed by atoms with van der Waals surface area (Å²) >= 11 is 0. The topological polar surface area (TPSA) is 96.9 Å². The van der Waals surface area contributed by atoms with Gasteiger partial charge in [0.2, 0.25) is 0 Å². The summed E-state index contributed by atoms with van der Waals surface area (Å²) in [7, 11) is 0. The van der Waals surface area contributed by atoms with Crippen molar-refractivity contribution in [1.29, 1.82) is 0 Å². The molecule has 2 aliphatic heterocycles. The van der Waals surface area contributed by atoms with Gasteiger partial charge in [0.15, 0.2) is 6.10 Å². The van der Waals surface area contributed by atoms with Crippen LogP contribution in [0.3, 0.4) is 0 Å². The molecule has 0 aromatic heterocycles. The van der Waals surface area contributed by atoms with Crippen molar-refractivity contribution >= 4 is 12.0 Å². The maximum absolute atomic E-state index is 11.6. The molecule has 0 saturated carbocycles. The Kier molecular flexibility index (Phi) is 6.25. The zero-order valence-corrected chi connectivity index (χ0v) is 12.2. The average molecular weight is 300 g/mol. The minimum Gasteiger partial charge on any atom is -0.479 e. The van der Waals surface area contributed by atoms with Gasteiger partial charge < -0.3 is 25.2 Å². The van der Waals surface area contributed by atoms with Gasteiger partial charge in [0.05, 0.1) is 12.2 Å². The highest BCUT2D eigenvalue weighted by Gasteiger charge is 2.30. The maximum Gasteiger partial charge on any atom is 0.332 e. The number of ether oxygens (including phenoxy) is 2. The lowest BCUT2D eigenvalue weighted by atomic mass is 10.1. The Balaban J connectivity index is 1.52. The van der Waals surface area contributed by atoms with Crippen molar-refractivity contribution in [3.63, 3.8) is 0 Å². The molecule has 7 nitrogen and oxygen atoms in total. The van der Waals surface area contributed by atoms with Gasteiger partial charge >= 0.3 is 12.0 Å². The largest absolute Gasteiger partial charge is 0.479 e. The number of carboxylic acid groups (broad SMARTS) is 1. The number of amides is 2. The Morgan fingerprint density at radius 1 is 1.10 bits per heavy atom. The van der Waals surface area contributed by atoms with Crippen LogP contribution in [-0.2, 0) is 14.3 Å². The van der Waals surface area contributed by atoms with E-state index >= 15 is 0 Å². The first-order valence-electron chi connectivity index (χ1n) is 7.66. The van der Waals surface area contributed by atoms with Crippen LogP contribution in [0.2, 0.25) is 0 Å². The first-order valence-corrected chi connectivity index (χ1v) is 7.66. The molecule has 7 heteroatoms. The number of carbonyl (C=O) groups is 2. The summed E-state index contributed by atoms with van der Waals surface area (Å²) < 4.78 is 10.9. The van der Waals surface area contributed by atoms with E-state index in [-0.39, 0.29) is 18.2 Å². The predicted octanol–water partition coefficient (Wildman–Crippen LogP) is 0.877. The van der Waals surface area contributed by atoms with Crippen molar-refractivity contribution in [2.24, 2.45) is 0 Å². The van der Waals surface area contributed by atoms with Crippen LogP contribution in [-0.4, -0.2) is 55.1 Å². The number of carbonyl (C=O) groups excluding carboxylic acids is 1. The monoisotopic (exact) mass is 300 g/mol. The highest BCUT2D eigenvalue weighted by atomic mass is 16.5. The van der Waals surface area contributed by atoms with E-state index in [2.05, 4.69) is 10.6 Å². The van der Waals surface area contributed by atoms with Gasteiger partial charge in [-0.1, -0.05) is 0 Å². The van der Waals surface area contributed by atoms with Crippen LogP contribution >= 0.6 is 0 Å². The minimum absolute atomic E-state index is 0.210. The van der Waals surface area contributed by atoms with Crippen molar-refractivity contribution in [2.75, 3.05) is 19.7 Å². The quantitative estimate of drug-likeness (QED) is 0.676. The van der Waals surface area contributed by atoms with E-state index in [1.165, 1.54) is 6.42 Å². The fourth-order valence-corrected chi connectivity index (χ4v) is 2.69. The maximum atomic E-state index is 11.6. The summed E-state index contributed by atoms with van der Waals surface area (Å²) in [4.78, 5) is 22.4. The molecule has 0 bridgehead atoms. The van der Waals surface area contributed by atoms with Crippen molar-refractivity contribution in [2.45, 2.75) is 56.8 Å². The van der Waals surface area contributed by atoms with Crippen molar-refractivity contribution in [3.05, 3.63) is 0 Å². The van der Waals surface area contributed by atoms with Gasteiger partial charge in [-0.05, 0) is 38.5 Å². The summed E-state index contributed by atoms with van der Waals surface area (Å²) in [5.74, 6) is -0.936. The zero-order valence-electron chi connectivity index (χ0n) is 12.2. The number of hydrogen-bond donors (Lipinski definition) is 3. The van der Waals surface area contributed by atoms with Crippen LogP contribution in [0.1, 0.15) is 38.5 Å². The molecule has 0 aromatic carbocycles. The Hall–Kier alpha value is -1.34. The fourth-order valence-electron chi connectivity index (χ4n) is 2.69. The number of nitrogens with one attached hydrogen (secondary N) is 2. The molecule has 0 radical (unpaired) electrons. The molecule has 2 saturated heterocycles. The highest BCUT2D eigenvalue weighted by molar-refractivity contribution is 5.74. The van der Waals surface area contributed by atoms with Crippen molar-refractivity contribution < 1.29 is 24.2 Å². The number of urea groups is 1. The Morgan fingerprint density at radius 2 is 1.95 bits per heavy atom.